The van der Waals surface area contributed by atoms with E-state index in [1.807, 2.05) is 24.0 Å². The van der Waals surface area contributed by atoms with E-state index in [2.05, 4.69) is 26.0 Å². The van der Waals surface area contributed by atoms with E-state index in [0.717, 1.165) is 12.0 Å². The molecule has 1 saturated heterocycles. The molecule has 0 aromatic heterocycles. The quantitative estimate of drug-likeness (QED) is 0.713. The molecular weight excluding hydrogens is 360 g/mol. The third-order valence-electron chi connectivity index (χ3n) is 5.56. The molecule has 0 bridgehead atoms. The van der Waals surface area contributed by atoms with Gasteiger partial charge >= 0.3 is 0 Å². The Kier molecular flexibility index (Phi) is 7.46. The minimum absolute atomic E-state index is 0.0105. The molecule has 1 fully saturated rings. The Hall–Kier alpha value is -1.40. The van der Waals surface area contributed by atoms with Crippen LogP contribution < -0.4 is 0 Å². The van der Waals surface area contributed by atoms with Gasteiger partial charge in [0.05, 0.1) is 11.7 Å². The lowest BCUT2D eigenvalue weighted by atomic mass is 9.94. The summed E-state index contributed by atoms with van der Waals surface area (Å²) >= 11 is 0. The lowest BCUT2D eigenvalue weighted by molar-refractivity contribution is -0.133. The van der Waals surface area contributed by atoms with Gasteiger partial charge in [0, 0.05) is 26.2 Å². The van der Waals surface area contributed by atoms with Crippen molar-refractivity contribution in [1.82, 2.24) is 9.21 Å². The highest BCUT2D eigenvalue weighted by Gasteiger charge is 2.31. The SMILES string of the molecule is CCS(=O)(=O)N(C)C1CCN(C(=O)C(C)c2cccc(CC(C)C)c2)CC1. The number of nitrogens with zero attached hydrogens (tertiary/aromatic N) is 2. The highest BCUT2D eigenvalue weighted by molar-refractivity contribution is 7.89. The summed E-state index contributed by atoms with van der Waals surface area (Å²) in [6.45, 7) is 9.25. The molecule has 0 spiro atoms. The second-order valence-electron chi connectivity index (χ2n) is 8.04. The van der Waals surface area contributed by atoms with Crippen molar-refractivity contribution in [2.45, 2.75) is 58.9 Å². The maximum Gasteiger partial charge on any atom is 0.229 e. The van der Waals surface area contributed by atoms with Crippen molar-refractivity contribution >= 4 is 15.9 Å². The number of rotatable bonds is 7. The van der Waals surface area contributed by atoms with E-state index < -0.39 is 10.0 Å². The summed E-state index contributed by atoms with van der Waals surface area (Å²) in [5.41, 5.74) is 2.33. The van der Waals surface area contributed by atoms with Gasteiger partial charge in [-0.15, -0.1) is 0 Å². The molecule has 0 aliphatic carbocycles. The first-order valence-electron chi connectivity index (χ1n) is 9.99. The number of carbonyl (C=O) groups is 1. The summed E-state index contributed by atoms with van der Waals surface area (Å²) in [5, 5.41) is 0. The molecular formula is C21H34N2O3S. The fourth-order valence-corrected chi connectivity index (χ4v) is 4.83. The monoisotopic (exact) mass is 394 g/mol. The Labute approximate surface area is 164 Å². The molecule has 5 nitrogen and oxygen atoms in total. The Morgan fingerprint density at radius 2 is 1.85 bits per heavy atom. The molecule has 1 atom stereocenters. The van der Waals surface area contributed by atoms with Crippen LogP contribution in [-0.2, 0) is 21.2 Å². The smallest absolute Gasteiger partial charge is 0.229 e. The molecule has 1 heterocycles. The zero-order valence-electron chi connectivity index (χ0n) is 17.3. The second kappa shape index (κ2) is 9.20. The molecule has 0 radical (unpaired) electrons. The van der Waals surface area contributed by atoms with Gasteiger partial charge in [-0.05, 0) is 50.2 Å². The Balaban J connectivity index is 1.99. The number of carbonyl (C=O) groups excluding carboxylic acids is 1. The fourth-order valence-electron chi connectivity index (χ4n) is 3.76. The average molecular weight is 395 g/mol. The van der Waals surface area contributed by atoms with Gasteiger partial charge in [0.15, 0.2) is 0 Å². The summed E-state index contributed by atoms with van der Waals surface area (Å²) in [6.07, 6.45) is 2.40. The van der Waals surface area contributed by atoms with Crippen molar-refractivity contribution in [1.29, 1.82) is 0 Å². The van der Waals surface area contributed by atoms with Crippen LogP contribution in [0.3, 0.4) is 0 Å². The van der Waals surface area contributed by atoms with E-state index in [0.29, 0.717) is 31.8 Å². The molecule has 1 amide bonds. The standard InChI is InChI=1S/C21H34N2O3S/c1-6-27(25,26)22(5)20-10-12-23(13-11-20)21(24)17(4)19-9-7-8-18(15-19)14-16(2)3/h7-9,15-17,20H,6,10-14H2,1-5H3. The number of likely N-dealkylation sites (tertiary alicyclic amines) is 1. The van der Waals surface area contributed by atoms with Crippen LogP contribution >= 0.6 is 0 Å². The number of hydrogen-bond acceptors (Lipinski definition) is 3. The van der Waals surface area contributed by atoms with Crippen molar-refractivity contribution in [3.63, 3.8) is 0 Å². The number of amides is 1. The van der Waals surface area contributed by atoms with Gasteiger partial charge in [-0.25, -0.2) is 12.7 Å². The molecule has 0 saturated carbocycles. The van der Waals surface area contributed by atoms with Gasteiger partial charge in [0.2, 0.25) is 15.9 Å². The fraction of sp³-hybridized carbons (Fsp3) is 0.667. The largest absolute Gasteiger partial charge is 0.342 e. The second-order valence-corrected chi connectivity index (χ2v) is 10.4. The van der Waals surface area contributed by atoms with Crippen molar-refractivity contribution in [3.8, 4) is 0 Å². The number of piperidine rings is 1. The Morgan fingerprint density at radius 1 is 1.22 bits per heavy atom. The normalized spacial score (nSPS) is 17.5. The lowest BCUT2D eigenvalue weighted by Gasteiger charge is -2.37. The third-order valence-corrected chi connectivity index (χ3v) is 7.46. The molecule has 152 valence electrons. The van der Waals surface area contributed by atoms with Gasteiger partial charge < -0.3 is 4.90 Å². The maximum absolute atomic E-state index is 13.0. The molecule has 0 N–H and O–H groups in total. The molecule has 27 heavy (non-hydrogen) atoms. The van der Waals surface area contributed by atoms with Crippen LogP contribution in [0.4, 0.5) is 0 Å². The van der Waals surface area contributed by atoms with Gasteiger partial charge in [-0.1, -0.05) is 38.1 Å². The number of benzene rings is 1. The minimum atomic E-state index is -3.18. The van der Waals surface area contributed by atoms with Crippen LogP contribution in [0.25, 0.3) is 0 Å². The van der Waals surface area contributed by atoms with Crippen molar-refractivity contribution in [2.75, 3.05) is 25.9 Å². The van der Waals surface area contributed by atoms with E-state index in [1.54, 1.807) is 14.0 Å². The van der Waals surface area contributed by atoms with Crippen LogP contribution in [0.5, 0.6) is 0 Å². The molecule has 1 aliphatic rings. The molecule has 1 aromatic carbocycles. The summed E-state index contributed by atoms with van der Waals surface area (Å²) in [5.74, 6) is 0.662. The summed E-state index contributed by atoms with van der Waals surface area (Å²) < 4.78 is 25.6. The van der Waals surface area contributed by atoms with Gasteiger partial charge in [-0.3, -0.25) is 4.79 Å². The number of hydrogen-bond donors (Lipinski definition) is 0. The minimum Gasteiger partial charge on any atom is -0.342 e. The highest BCUT2D eigenvalue weighted by Crippen LogP contribution is 2.24. The Bertz CT molecular complexity index is 738. The van der Waals surface area contributed by atoms with Crippen LogP contribution in [0.15, 0.2) is 24.3 Å². The molecule has 1 aromatic rings. The van der Waals surface area contributed by atoms with Gasteiger partial charge in [0.1, 0.15) is 0 Å². The van der Waals surface area contributed by atoms with Gasteiger partial charge in [0.25, 0.3) is 0 Å². The third kappa shape index (κ3) is 5.55. The zero-order chi connectivity index (χ0) is 20.2. The zero-order valence-corrected chi connectivity index (χ0v) is 18.1. The topological polar surface area (TPSA) is 57.7 Å². The number of sulfonamides is 1. The van der Waals surface area contributed by atoms with Crippen LogP contribution in [0, 0.1) is 5.92 Å². The molecule has 1 unspecified atom stereocenters. The van der Waals surface area contributed by atoms with E-state index in [9.17, 15) is 13.2 Å². The maximum atomic E-state index is 13.0. The Morgan fingerprint density at radius 3 is 2.41 bits per heavy atom. The van der Waals surface area contributed by atoms with E-state index in [1.165, 1.54) is 9.87 Å². The van der Waals surface area contributed by atoms with Crippen LogP contribution in [0.1, 0.15) is 57.6 Å². The van der Waals surface area contributed by atoms with E-state index in [4.69, 9.17) is 0 Å². The van der Waals surface area contributed by atoms with Crippen molar-refractivity contribution in [3.05, 3.63) is 35.4 Å². The summed E-state index contributed by atoms with van der Waals surface area (Å²) in [4.78, 5) is 14.8. The summed E-state index contributed by atoms with van der Waals surface area (Å²) in [7, 11) is -1.52. The van der Waals surface area contributed by atoms with Crippen molar-refractivity contribution < 1.29 is 13.2 Å². The first kappa shape index (κ1) is 21.9. The lowest BCUT2D eigenvalue weighted by Crippen LogP contribution is -2.48. The molecule has 2 rings (SSSR count). The molecule has 1 aliphatic heterocycles. The summed E-state index contributed by atoms with van der Waals surface area (Å²) in [6, 6.07) is 8.32. The molecule has 6 heteroatoms. The first-order chi connectivity index (χ1) is 12.7. The predicted octanol–water partition coefficient (Wildman–Crippen LogP) is 3.26. The average Bonchev–Trinajstić information content (AvgIpc) is 2.66. The van der Waals surface area contributed by atoms with Crippen LogP contribution in [0.2, 0.25) is 0 Å². The predicted molar refractivity (Wildman–Crippen MR) is 110 cm³/mol. The highest BCUT2D eigenvalue weighted by atomic mass is 32.2. The van der Waals surface area contributed by atoms with Gasteiger partial charge in [-0.2, -0.15) is 0 Å². The van der Waals surface area contributed by atoms with Crippen LogP contribution in [-0.4, -0.2) is 55.5 Å². The van der Waals surface area contributed by atoms with E-state index in [-0.39, 0.29) is 23.6 Å². The van der Waals surface area contributed by atoms with E-state index >= 15 is 0 Å². The van der Waals surface area contributed by atoms with Crippen molar-refractivity contribution in [2.24, 2.45) is 5.92 Å². The first-order valence-corrected chi connectivity index (χ1v) is 11.6.